The number of thiocarbonyl (C=S) groups is 1. The standard InChI is InChI=1S/C21H27N3O4S2/c1-21(2)13-18(17-10-9-16(27-4)12-19(17)28-21)23-20(29)22-14-7-6-8-15(11-14)24(3)30(5,25)26/h6-12,18H,13H2,1-5H3,(H2,22,23,29)/t18-/m1/s1. The second-order valence-corrected chi connectivity index (χ2v) is 10.3. The molecule has 2 N–H and O–H groups in total. The summed E-state index contributed by atoms with van der Waals surface area (Å²) in [7, 11) is -0.204. The van der Waals surface area contributed by atoms with Crippen molar-refractivity contribution in [2.45, 2.75) is 31.9 Å². The second kappa shape index (κ2) is 8.31. The third-order valence-corrected chi connectivity index (χ3v) is 6.37. The van der Waals surface area contributed by atoms with Gasteiger partial charge in [-0.25, -0.2) is 8.42 Å². The van der Waals surface area contributed by atoms with Gasteiger partial charge in [0.25, 0.3) is 0 Å². The van der Waals surface area contributed by atoms with Crippen LogP contribution >= 0.6 is 12.2 Å². The van der Waals surface area contributed by atoms with E-state index >= 15 is 0 Å². The maximum atomic E-state index is 11.8. The normalized spacial score (nSPS) is 17.3. The van der Waals surface area contributed by atoms with Gasteiger partial charge >= 0.3 is 0 Å². The minimum atomic E-state index is -3.34. The van der Waals surface area contributed by atoms with Crippen LogP contribution in [0.2, 0.25) is 0 Å². The molecule has 30 heavy (non-hydrogen) atoms. The number of hydrogen-bond donors (Lipinski definition) is 2. The fourth-order valence-electron chi connectivity index (χ4n) is 3.38. The Morgan fingerprint density at radius 2 is 2.00 bits per heavy atom. The summed E-state index contributed by atoms with van der Waals surface area (Å²) in [4.78, 5) is 0. The summed E-state index contributed by atoms with van der Waals surface area (Å²) in [6, 6.07) is 12.8. The SMILES string of the molecule is COc1ccc2c(c1)OC(C)(C)C[C@H]2NC(=S)Nc1cccc(N(C)S(C)(=O)=O)c1. The molecule has 0 saturated heterocycles. The second-order valence-electron chi connectivity index (χ2n) is 7.90. The molecule has 0 aromatic heterocycles. The predicted molar refractivity (Wildman–Crippen MR) is 124 cm³/mol. The van der Waals surface area contributed by atoms with Gasteiger partial charge in [0.15, 0.2) is 5.11 Å². The number of anilines is 2. The van der Waals surface area contributed by atoms with Gasteiger partial charge in [-0.15, -0.1) is 0 Å². The van der Waals surface area contributed by atoms with Crippen molar-refractivity contribution in [1.29, 1.82) is 0 Å². The van der Waals surface area contributed by atoms with Gasteiger partial charge in [-0.2, -0.15) is 0 Å². The molecular formula is C21H27N3O4S2. The van der Waals surface area contributed by atoms with Crippen LogP contribution in [0.4, 0.5) is 11.4 Å². The average molecular weight is 450 g/mol. The van der Waals surface area contributed by atoms with Gasteiger partial charge in [0.2, 0.25) is 10.0 Å². The lowest BCUT2D eigenvalue weighted by Crippen LogP contribution is -2.42. The van der Waals surface area contributed by atoms with E-state index in [1.54, 1.807) is 25.3 Å². The third kappa shape index (κ3) is 5.14. The number of nitrogens with zero attached hydrogens (tertiary/aromatic N) is 1. The zero-order valence-corrected chi connectivity index (χ0v) is 19.4. The van der Waals surface area contributed by atoms with Crippen molar-refractivity contribution < 1.29 is 17.9 Å². The van der Waals surface area contributed by atoms with E-state index in [2.05, 4.69) is 10.6 Å². The molecular weight excluding hydrogens is 422 g/mol. The Hall–Kier alpha value is -2.52. The Bertz CT molecular complexity index is 1050. The largest absolute Gasteiger partial charge is 0.497 e. The van der Waals surface area contributed by atoms with Crippen molar-refractivity contribution in [3.63, 3.8) is 0 Å². The molecule has 0 unspecified atom stereocenters. The van der Waals surface area contributed by atoms with Crippen LogP contribution in [0.5, 0.6) is 11.5 Å². The van der Waals surface area contributed by atoms with E-state index in [-0.39, 0.29) is 11.6 Å². The highest BCUT2D eigenvalue weighted by Crippen LogP contribution is 2.41. The van der Waals surface area contributed by atoms with Crippen molar-refractivity contribution in [3.8, 4) is 11.5 Å². The highest BCUT2D eigenvalue weighted by Gasteiger charge is 2.34. The minimum Gasteiger partial charge on any atom is -0.497 e. The van der Waals surface area contributed by atoms with Crippen molar-refractivity contribution in [1.82, 2.24) is 5.32 Å². The maximum Gasteiger partial charge on any atom is 0.231 e. The first-order valence-corrected chi connectivity index (χ1v) is 11.7. The fourth-order valence-corrected chi connectivity index (χ4v) is 4.14. The molecule has 1 atom stereocenters. The van der Waals surface area contributed by atoms with E-state index in [0.717, 1.165) is 23.5 Å². The molecule has 9 heteroatoms. The lowest BCUT2D eigenvalue weighted by molar-refractivity contribution is 0.0693. The van der Waals surface area contributed by atoms with Gasteiger partial charge in [-0.3, -0.25) is 4.31 Å². The monoisotopic (exact) mass is 449 g/mol. The number of benzene rings is 2. The van der Waals surface area contributed by atoms with Crippen LogP contribution < -0.4 is 24.4 Å². The molecule has 0 fully saturated rings. The summed E-state index contributed by atoms with van der Waals surface area (Å²) in [5.74, 6) is 1.50. The number of ether oxygens (including phenoxy) is 2. The number of methoxy groups -OCH3 is 1. The molecule has 0 aliphatic carbocycles. The van der Waals surface area contributed by atoms with E-state index in [1.807, 2.05) is 38.1 Å². The summed E-state index contributed by atoms with van der Waals surface area (Å²) >= 11 is 5.53. The molecule has 0 bridgehead atoms. The molecule has 3 rings (SSSR count). The lowest BCUT2D eigenvalue weighted by Gasteiger charge is -2.38. The number of sulfonamides is 1. The van der Waals surface area contributed by atoms with Crippen LogP contribution in [-0.4, -0.2) is 39.5 Å². The molecule has 2 aromatic rings. The number of rotatable bonds is 5. The van der Waals surface area contributed by atoms with E-state index in [9.17, 15) is 8.42 Å². The number of fused-ring (bicyclic) bond motifs is 1. The Kier molecular flexibility index (Phi) is 6.14. The first-order chi connectivity index (χ1) is 14.0. The fraction of sp³-hybridized carbons (Fsp3) is 0.381. The average Bonchev–Trinajstić information content (AvgIpc) is 2.65. The topological polar surface area (TPSA) is 79.9 Å². The van der Waals surface area contributed by atoms with E-state index < -0.39 is 10.0 Å². The van der Waals surface area contributed by atoms with Crippen LogP contribution in [0.25, 0.3) is 0 Å². The molecule has 0 radical (unpaired) electrons. The molecule has 2 aromatic carbocycles. The zero-order valence-electron chi connectivity index (χ0n) is 17.7. The highest BCUT2D eigenvalue weighted by atomic mass is 32.2. The summed E-state index contributed by atoms with van der Waals surface area (Å²) in [6.45, 7) is 4.07. The van der Waals surface area contributed by atoms with Gasteiger partial charge in [0.1, 0.15) is 17.1 Å². The molecule has 162 valence electrons. The number of hydrogen-bond acceptors (Lipinski definition) is 5. The minimum absolute atomic E-state index is 0.0449. The first-order valence-electron chi connectivity index (χ1n) is 9.47. The van der Waals surface area contributed by atoms with Gasteiger partial charge in [-0.1, -0.05) is 6.07 Å². The molecule has 1 aliphatic heterocycles. The Balaban J connectivity index is 1.77. The van der Waals surface area contributed by atoms with E-state index in [4.69, 9.17) is 21.7 Å². The van der Waals surface area contributed by atoms with Crippen molar-refractivity contribution >= 4 is 38.7 Å². The van der Waals surface area contributed by atoms with E-state index in [0.29, 0.717) is 16.5 Å². The van der Waals surface area contributed by atoms with Gasteiger partial charge in [0.05, 0.1) is 25.1 Å². The molecule has 1 heterocycles. The summed E-state index contributed by atoms with van der Waals surface area (Å²) in [6.07, 6.45) is 1.89. The molecule has 7 nitrogen and oxygen atoms in total. The lowest BCUT2D eigenvalue weighted by atomic mass is 9.89. The van der Waals surface area contributed by atoms with Crippen LogP contribution in [0.15, 0.2) is 42.5 Å². The molecule has 0 spiro atoms. The maximum absolute atomic E-state index is 11.8. The summed E-state index contributed by atoms with van der Waals surface area (Å²) in [5, 5.41) is 6.96. The van der Waals surface area contributed by atoms with Gasteiger partial charge in [0, 0.05) is 30.8 Å². The van der Waals surface area contributed by atoms with Crippen molar-refractivity contribution in [2.75, 3.05) is 30.0 Å². The Morgan fingerprint density at radius 1 is 1.27 bits per heavy atom. The quantitative estimate of drug-likeness (QED) is 0.674. The summed E-state index contributed by atoms with van der Waals surface area (Å²) in [5.41, 5.74) is 1.88. The molecule has 1 aliphatic rings. The Morgan fingerprint density at radius 3 is 2.67 bits per heavy atom. The van der Waals surface area contributed by atoms with Gasteiger partial charge in [-0.05, 0) is 56.4 Å². The zero-order chi connectivity index (χ0) is 22.1. The Labute approximate surface area is 183 Å². The summed E-state index contributed by atoms with van der Waals surface area (Å²) < 4.78 is 36.3. The smallest absolute Gasteiger partial charge is 0.231 e. The highest BCUT2D eigenvalue weighted by molar-refractivity contribution is 7.92. The predicted octanol–water partition coefficient (Wildman–Crippen LogP) is 3.68. The van der Waals surface area contributed by atoms with Crippen LogP contribution in [-0.2, 0) is 10.0 Å². The van der Waals surface area contributed by atoms with Gasteiger partial charge < -0.3 is 20.1 Å². The van der Waals surface area contributed by atoms with Crippen molar-refractivity contribution in [3.05, 3.63) is 48.0 Å². The third-order valence-electron chi connectivity index (χ3n) is 4.95. The van der Waals surface area contributed by atoms with E-state index in [1.165, 1.54) is 17.6 Å². The first kappa shape index (κ1) is 22.2. The van der Waals surface area contributed by atoms with Crippen LogP contribution in [0.1, 0.15) is 31.9 Å². The molecule has 0 saturated carbocycles. The molecule has 0 amide bonds. The van der Waals surface area contributed by atoms with Crippen LogP contribution in [0, 0.1) is 0 Å². The van der Waals surface area contributed by atoms with Crippen LogP contribution in [0.3, 0.4) is 0 Å². The van der Waals surface area contributed by atoms with Crippen molar-refractivity contribution in [2.24, 2.45) is 0 Å². The number of nitrogens with one attached hydrogen (secondary N) is 2.